The van der Waals surface area contributed by atoms with Gasteiger partial charge in [-0.3, -0.25) is 0 Å². The Bertz CT molecular complexity index is 507. The van der Waals surface area contributed by atoms with E-state index in [2.05, 4.69) is 0 Å². The zero-order valence-corrected chi connectivity index (χ0v) is 10.5. The Morgan fingerprint density at radius 1 is 1.17 bits per heavy atom. The van der Waals surface area contributed by atoms with Crippen molar-refractivity contribution in [2.45, 2.75) is 18.6 Å². The molecular formula is C15H19NO2. The maximum atomic E-state index is 10.3. The Hall–Kier alpha value is -1.42. The van der Waals surface area contributed by atoms with Crippen molar-refractivity contribution >= 4 is 10.8 Å². The Morgan fingerprint density at radius 3 is 2.67 bits per heavy atom. The normalized spacial score (nSPS) is 14.6. The van der Waals surface area contributed by atoms with Crippen LogP contribution in [0.15, 0.2) is 42.5 Å². The van der Waals surface area contributed by atoms with Crippen LogP contribution in [0.4, 0.5) is 0 Å². The number of hydrogen-bond donors (Lipinski definition) is 2. The average Bonchev–Trinajstić information content (AvgIpc) is 2.38. The van der Waals surface area contributed by atoms with Gasteiger partial charge in [0.15, 0.2) is 0 Å². The van der Waals surface area contributed by atoms with Crippen LogP contribution in [0.1, 0.15) is 18.1 Å². The number of fused-ring (bicyclic) bond motifs is 1. The molecule has 3 heteroatoms. The van der Waals surface area contributed by atoms with E-state index in [-0.39, 0.29) is 6.04 Å². The molecule has 0 aliphatic rings. The highest BCUT2D eigenvalue weighted by Crippen LogP contribution is 2.26. The molecule has 0 bridgehead atoms. The van der Waals surface area contributed by atoms with E-state index in [0.29, 0.717) is 13.0 Å². The van der Waals surface area contributed by atoms with E-state index in [1.54, 1.807) is 7.11 Å². The monoisotopic (exact) mass is 245 g/mol. The molecule has 0 aromatic heterocycles. The van der Waals surface area contributed by atoms with Gasteiger partial charge in [-0.1, -0.05) is 42.5 Å². The Labute approximate surface area is 107 Å². The number of hydrogen-bond acceptors (Lipinski definition) is 3. The minimum absolute atomic E-state index is 0.149. The van der Waals surface area contributed by atoms with Gasteiger partial charge in [0.25, 0.3) is 0 Å². The molecule has 0 saturated carbocycles. The summed E-state index contributed by atoms with van der Waals surface area (Å²) in [6.45, 7) is 0.460. The van der Waals surface area contributed by atoms with Crippen LogP contribution in [0.25, 0.3) is 10.8 Å². The molecule has 18 heavy (non-hydrogen) atoms. The molecule has 3 nitrogen and oxygen atoms in total. The number of aliphatic hydroxyl groups is 1. The first-order valence-corrected chi connectivity index (χ1v) is 6.12. The molecule has 0 radical (unpaired) electrons. The Balaban J connectivity index is 2.24. The van der Waals surface area contributed by atoms with E-state index in [1.165, 1.54) is 0 Å². The third-order valence-corrected chi connectivity index (χ3v) is 3.09. The third kappa shape index (κ3) is 2.88. The fourth-order valence-corrected chi connectivity index (χ4v) is 2.24. The Morgan fingerprint density at radius 2 is 1.89 bits per heavy atom. The molecular weight excluding hydrogens is 226 g/mol. The van der Waals surface area contributed by atoms with Gasteiger partial charge >= 0.3 is 0 Å². The van der Waals surface area contributed by atoms with Crippen molar-refractivity contribution in [3.8, 4) is 0 Å². The van der Waals surface area contributed by atoms with Crippen molar-refractivity contribution in [3.05, 3.63) is 48.0 Å². The van der Waals surface area contributed by atoms with Gasteiger partial charge in [-0.25, -0.2) is 0 Å². The van der Waals surface area contributed by atoms with Gasteiger partial charge in [0.2, 0.25) is 0 Å². The van der Waals surface area contributed by atoms with Crippen LogP contribution in [-0.2, 0) is 4.74 Å². The smallest absolute Gasteiger partial charge is 0.0811 e. The first-order valence-electron chi connectivity index (χ1n) is 6.12. The number of rotatable bonds is 5. The van der Waals surface area contributed by atoms with E-state index >= 15 is 0 Å². The van der Waals surface area contributed by atoms with Gasteiger partial charge in [0.1, 0.15) is 0 Å². The van der Waals surface area contributed by atoms with E-state index < -0.39 is 6.10 Å². The summed E-state index contributed by atoms with van der Waals surface area (Å²) in [5.74, 6) is 0. The van der Waals surface area contributed by atoms with E-state index in [4.69, 9.17) is 10.5 Å². The largest absolute Gasteiger partial charge is 0.388 e. The van der Waals surface area contributed by atoms with Crippen molar-refractivity contribution in [1.29, 1.82) is 0 Å². The highest BCUT2D eigenvalue weighted by molar-refractivity contribution is 5.85. The lowest BCUT2D eigenvalue weighted by Gasteiger charge is -2.17. The third-order valence-electron chi connectivity index (χ3n) is 3.09. The molecule has 2 aromatic rings. The topological polar surface area (TPSA) is 55.5 Å². The van der Waals surface area contributed by atoms with E-state index in [0.717, 1.165) is 16.3 Å². The van der Waals surface area contributed by atoms with Gasteiger partial charge < -0.3 is 15.6 Å². The van der Waals surface area contributed by atoms with Crippen molar-refractivity contribution in [2.75, 3.05) is 13.7 Å². The molecule has 2 unspecified atom stereocenters. The zero-order chi connectivity index (χ0) is 13.0. The van der Waals surface area contributed by atoms with Crippen molar-refractivity contribution in [3.63, 3.8) is 0 Å². The quantitative estimate of drug-likeness (QED) is 0.849. The first-order chi connectivity index (χ1) is 8.72. The number of aliphatic hydroxyl groups excluding tert-OH is 1. The molecule has 0 amide bonds. The molecule has 3 N–H and O–H groups in total. The summed E-state index contributed by atoms with van der Waals surface area (Å²) in [7, 11) is 1.62. The van der Waals surface area contributed by atoms with Crippen LogP contribution in [0.3, 0.4) is 0 Å². The second-order valence-corrected chi connectivity index (χ2v) is 4.54. The van der Waals surface area contributed by atoms with E-state index in [9.17, 15) is 5.11 Å². The summed E-state index contributed by atoms with van der Waals surface area (Å²) >= 11 is 0. The average molecular weight is 245 g/mol. The van der Waals surface area contributed by atoms with Crippen molar-refractivity contribution in [1.82, 2.24) is 0 Å². The lowest BCUT2D eigenvalue weighted by Crippen LogP contribution is -2.27. The number of ether oxygens (including phenoxy) is 1. The summed E-state index contributed by atoms with van der Waals surface area (Å²) in [5, 5.41) is 12.5. The van der Waals surface area contributed by atoms with Gasteiger partial charge in [-0.15, -0.1) is 0 Å². The molecule has 0 heterocycles. The van der Waals surface area contributed by atoms with E-state index in [1.807, 2.05) is 42.5 Å². The lowest BCUT2D eigenvalue weighted by atomic mass is 9.97. The number of methoxy groups -OCH3 is 1. The zero-order valence-electron chi connectivity index (χ0n) is 10.5. The summed E-state index contributed by atoms with van der Waals surface area (Å²) < 4.78 is 4.99. The van der Waals surface area contributed by atoms with Crippen LogP contribution in [0, 0.1) is 0 Å². The lowest BCUT2D eigenvalue weighted by molar-refractivity contribution is 0.123. The second-order valence-electron chi connectivity index (χ2n) is 4.54. The molecule has 0 aliphatic heterocycles. The maximum absolute atomic E-state index is 10.3. The van der Waals surface area contributed by atoms with Gasteiger partial charge in [-0.05, 0) is 22.8 Å². The number of nitrogens with two attached hydrogens (primary N) is 1. The van der Waals surface area contributed by atoms with Crippen LogP contribution in [-0.4, -0.2) is 24.9 Å². The fourth-order valence-electron chi connectivity index (χ4n) is 2.24. The predicted octanol–water partition coefficient (Wildman–Crippen LogP) is 2.24. The SMILES string of the molecule is COCC(N)CC(O)c1cccc2ccccc12. The fraction of sp³-hybridized carbons (Fsp3) is 0.333. The van der Waals surface area contributed by atoms with Crippen LogP contribution < -0.4 is 5.73 Å². The minimum atomic E-state index is -0.554. The van der Waals surface area contributed by atoms with Crippen molar-refractivity contribution < 1.29 is 9.84 Å². The standard InChI is InChI=1S/C15H19NO2/c1-18-10-12(16)9-15(17)14-8-4-6-11-5-2-3-7-13(11)14/h2-8,12,15,17H,9-10,16H2,1H3. The molecule has 0 fully saturated rings. The van der Waals surface area contributed by atoms with Gasteiger partial charge in [0, 0.05) is 13.2 Å². The second kappa shape index (κ2) is 5.96. The van der Waals surface area contributed by atoms with Crippen LogP contribution in [0.5, 0.6) is 0 Å². The predicted molar refractivity (Wildman–Crippen MR) is 73.4 cm³/mol. The molecule has 2 rings (SSSR count). The molecule has 0 saturated heterocycles. The highest BCUT2D eigenvalue weighted by Gasteiger charge is 2.14. The van der Waals surface area contributed by atoms with Crippen LogP contribution >= 0.6 is 0 Å². The maximum Gasteiger partial charge on any atom is 0.0811 e. The summed E-state index contributed by atoms with van der Waals surface area (Å²) in [5.41, 5.74) is 6.81. The summed E-state index contributed by atoms with van der Waals surface area (Å²) in [6.07, 6.45) is -0.0526. The van der Waals surface area contributed by atoms with Crippen LogP contribution in [0.2, 0.25) is 0 Å². The molecule has 2 atom stereocenters. The Kier molecular flexibility index (Phi) is 4.31. The number of benzene rings is 2. The summed E-state index contributed by atoms with van der Waals surface area (Å²) in [6, 6.07) is 13.8. The molecule has 2 aromatic carbocycles. The highest BCUT2D eigenvalue weighted by atomic mass is 16.5. The summed E-state index contributed by atoms with van der Waals surface area (Å²) in [4.78, 5) is 0. The molecule has 0 aliphatic carbocycles. The first kappa shape index (κ1) is 13.0. The van der Waals surface area contributed by atoms with Gasteiger partial charge in [-0.2, -0.15) is 0 Å². The van der Waals surface area contributed by atoms with Gasteiger partial charge in [0.05, 0.1) is 12.7 Å². The molecule has 0 spiro atoms. The minimum Gasteiger partial charge on any atom is -0.388 e. The molecule has 96 valence electrons. The van der Waals surface area contributed by atoms with Crippen molar-refractivity contribution in [2.24, 2.45) is 5.73 Å².